The molecule has 1 amide bonds. The Hall–Kier alpha value is -1.44. The molecule has 21 heavy (non-hydrogen) atoms. The van der Waals surface area contributed by atoms with E-state index < -0.39 is 10.0 Å². The van der Waals surface area contributed by atoms with Gasteiger partial charge in [0.15, 0.2) is 0 Å². The van der Waals surface area contributed by atoms with Crippen LogP contribution in [-0.2, 0) is 10.0 Å². The largest absolute Gasteiger partial charge is 0.396 e. The molecule has 0 saturated carbocycles. The van der Waals surface area contributed by atoms with E-state index in [0.29, 0.717) is 25.2 Å². The second kappa shape index (κ2) is 6.55. The van der Waals surface area contributed by atoms with Gasteiger partial charge in [-0.2, -0.15) is 0 Å². The number of aliphatic hydroxyl groups excluding tert-OH is 1. The average molecular weight is 312 g/mol. The van der Waals surface area contributed by atoms with Crippen molar-refractivity contribution in [2.24, 2.45) is 5.92 Å². The summed E-state index contributed by atoms with van der Waals surface area (Å²) in [5.74, 6) is 0.0145. The van der Waals surface area contributed by atoms with Gasteiger partial charge in [-0.25, -0.2) is 13.1 Å². The number of carbonyl (C=O) groups excluding carboxylic acids is 1. The predicted octanol–water partition coefficient (Wildman–Crippen LogP) is 0.439. The van der Waals surface area contributed by atoms with E-state index in [1.165, 1.54) is 24.3 Å². The molecule has 0 radical (unpaired) electrons. The third-order valence-corrected chi connectivity index (χ3v) is 5.14. The molecule has 2 rings (SSSR count). The second-order valence-corrected chi connectivity index (χ2v) is 6.88. The van der Waals surface area contributed by atoms with Crippen LogP contribution in [0, 0.1) is 5.92 Å². The van der Waals surface area contributed by atoms with Gasteiger partial charge in [-0.15, -0.1) is 0 Å². The number of nitrogens with zero attached hydrogens (tertiary/aromatic N) is 1. The van der Waals surface area contributed by atoms with E-state index in [9.17, 15) is 13.2 Å². The van der Waals surface area contributed by atoms with E-state index in [0.717, 1.165) is 6.42 Å². The van der Waals surface area contributed by atoms with Crippen LogP contribution in [0.1, 0.15) is 23.7 Å². The van der Waals surface area contributed by atoms with E-state index in [-0.39, 0.29) is 23.3 Å². The summed E-state index contributed by atoms with van der Waals surface area (Å²) in [6.07, 6.45) is 0.801. The highest BCUT2D eigenvalue weighted by Crippen LogP contribution is 2.19. The molecule has 0 spiro atoms. The summed E-state index contributed by atoms with van der Waals surface area (Å²) in [6, 6.07) is 5.92. The van der Waals surface area contributed by atoms with Gasteiger partial charge < -0.3 is 10.0 Å². The molecule has 1 aliphatic rings. The SMILES string of the molecule is CCNS(=O)(=O)c1ccc(C(=O)N2CCC(CO)C2)cc1. The number of benzene rings is 1. The summed E-state index contributed by atoms with van der Waals surface area (Å²) in [5.41, 5.74) is 0.462. The number of nitrogens with one attached hydrogen (secondary N) is 1. The van der Waals surface area contributed by atoms with Gasteiger partial charge in [0.1, 0.15) is 0 Å². The fourth-order valence-corrected chi connectivity index (χ4v) is 3.44. The first-order valence-corrected chi connectivity index (χ1v) is 8.46. The maximum atomic E-state index is 12.3. The Labute approximate surface area is 124 Å². The second-order valence-electron chi connectivity index (χ2n) is 5.11. The summed E-state index contributed by atoms with van der Waals surface area (Å²) in [4.78, 5) is 14.1. The molecule has 1 heterocycles. The smallest absolute Gasteiger partial charge is 0.253 e. The van der Waals surface area contributed by atoms with Gasteiger partial charge in [0.05, 0.1) is 4.90 Å². The van der Waals surface area contributed by atoms with Crippen LogP contribution in [0.25, 0.3) is 0 Å². The minimum atomic E-state index is -3.49. The van der Waals surface area contributed by atoms with Crippen molar-refractivity contribution in [3.05, 3.63) is 29.8 Å². The van der Waals surface area contributed by atoms with Crippen molar-refractivity contribution in [2.45, 2.75) is 18.2 Å². The van der Waals surface area contributed by atoms with Crippen molar-refractivity contribution in [2.75, 3.05) is 26.2 Å². The third kappa shape index (κ3) is 3.61. The lowest BCUT2D eigenvalue weighted by molar-refractivity contribution is 0.0781. The zero-order chi connectivity index (χ0) is 15.5. The van der Waals surface area contributed by atoms with Crippen LogP contribution in [0.4, 0.5) is 0 Å². The lowest BCUT2D eigenvalue weighted by Crippen LogP contribution is -2.29. The molecule has 0 bridgehead atoms. The van der Waals surface area contributed by atoms with Crippen LogP contribution in [0.15, 0.2) is 29.2 Å². The van der Waals surface area contributed by atoms with Gasteiger partial charge in [-0.05, 0) is 30.7 Å². The molecule has 1 aromatic carbocycles. The van der Waals surface area contributed by atoms with Crippen LogP contribution >= 0.6 is 0 Å². The normalized spacial score (nSPS) is 19.0. The third-order valence-electron chi connectivity index (χ3n) is 3.58. The molecular formula is C14H20N2O4S. The van der Waals surface area contributed by atoms with Gasteiger partial charge in [0.2, 0.25) is 10.0 Å². The highest BCUT2D eigenvalue weighted by atomic mass is 32.2. The zero-order valence-corrected chi connectivity index (χ0v) is 12.8. The first-order chi connectivity index (χ1) is 9.97. The Morgan fingerprint density at radius 3 is 2.57 bits per heavy atom. The molecule has 1 unspecified atom stereocenters. The molecule has 0 aliphatic carbocycles. The van der Waals surface area contributed by atoms with E-state index in [1.807, 2.05) is 0 Å². The van der Waals surface area contributed by atoms with E-state index in [1.54, 1.807) is 11.8 Å². The number of amides is 1. The first kappa shape index (κ1) is 15.9. The molecule has 116 valence electrons. The van der Waals surface area contributed by atoms with Gasteiger partial charge in [0, 0.05) is 37.7 Å². The summed E-state index contributed by atoms with van der Waals surface area (Å²) in [7, 11) is -3.49. The molecule has 1 saturated heterocycles. The van der Waals surface area contributed by atoms with Crippen molar-refractivity contribution < 1.29 is 18.3 Å². The minimum absolute atomic E-state index is 0.0870. The molecule has 6 nitrogen and oxygen atoms in total. The fraction of sp³-hybridized carbons (Fsp3) is 0.500. The van der Waals surface area contributed by atoms with Crippen molar-refractivity contribution >= 4 is 15.9 Å². The number of carbonyl (C=O) groups is 1. The highest BCUT2D eigenvalue weighted by Gasteiger charge is 2.26. The van der Waals surface area contributed by atoms with Crippen molar-refractivity contribution in [3.63, 3.8) is 0 Å². The maximum absolute atomic E-state index is 12.3. The molecule has 7 heteroatoms. The summed E-state index contributed by atoms with van der Waals surface area (Å²) < 4.78 is 26.0. The number of likely N-dealkylation sites (tertiary alicyclic amines) is 1. The summed E-state index contributed by atoms with van der Waals surface area (Å²) >= 11 is 0. The molecular weight excluding hydrogens is 292 g/mol. The number of hydrogen-bond donors (Lipinski definition) is 2. The summed E-state index contributed by atoms with van der Waals surface area (Å²) in [5, 5.41) is 9.10. The molecule has 1 atom stereocenters. The van der Waals surface area contributed by atoms with E-state index in [2.05, 4.69) is 4.72 Å². The Balaban J connectivity index is 2.11. The monoisotopic (exact) mass is 312 g/mol. The standard InChI is InChI=1S/C14H20N2O4S/c1-2-15-21(19,20)13-5-3-12(4-6-13)14(18)16-8-7-11(9-16)10-17/h3-6,11,15,17H,2,7-10H2,1H3. The summed E-state index contributed by atoms with van der Waals surface area (Å²) in [6.45, 7) is 3.29. The van der Waals surface area contributed by atoms with Crippen LogP contribution in [0.5, 0.6) is 0 Å². The van der Waals surface area contributed by atoms with Crippen molar-refractivity contribution in [1.29, 1.82) is 0 Å². The predicted molar refractivity (Wildman–Crippen MR) is 78.4 cm³/mol. The molecule has 2 N–H and O–H groups in total. The van der Waals surface area contributed by atoms with E-state index in [4.69, 9.17) is 5.11 Å². The number of hydrogen-bond acceptors (Lipinski definition) is 4. The van der Waals surface area contributed by atoms with Crippen LogP contribution in [0.2, 0.25) is 0 Å². The lowest BCUT2D eigenvalue weighted by Gasteiger charge is -2.16. The zero-order valence-electron chi connectivity index (χ0n) is 11.9. The number of rotatable bonds is 5. The average Bonchev–Trinajstić information content (AvgIpc) is 2.95. The number of sulfonamides is 1. The Kier molecular flexibility index (Phi) is 4.97. The van der Waals surface area contributed by atoms with E-state index >= 15 is 0 Å². The quantitative estimate of drug-likeness (QED) is 0.826. The van der Waals surface area contributed by atoms with Gasteiger partial charge >= 0.3 is 0 Å². The van der Waals surface area contributed by atoms with Crippen molar-refractivity contribution in [1.82, 2.24) is 9.62 Å². The number of aliphatic hydroxyl groups is 1. The van der Waals surface area contributed by atoms with Crippen LogP contribution in [0.3, 0.4) is 0 Å². The van der Waals surface area contributed by atoms with Crippen LogP contribution < -0.4 is 4.72 Å². The molecule has 1 aliphatic heterocycles. The topological polar surface area (TPSA) is 86.7 Å². The molecule has 1 fully saturated rings. The maximum Gasteiger partial charge on any atom is 0.253 e. The minimum Gasteiger partial charge on any atom is -0.396 e. The van der Waals surface area contributed by atoms with Gasteiger partial charge in [-0.1, -0.05) is 6.92 Å². The fourth-order valence-electron chi connectivity index (χ4n) is 2.40. The molecule has 0 aromatic heterocycles. The van der Waals surface area contributed by atoms with Crippen LogP contribution in [-0.4, -0.2) is 50.6 Å². The Bertz CT molecular complexity index is 598. The highest BCUT2D eigenvalue weighted by molar-refractivity contribution is 7.89. The first-order valence-electron chi connectivity index (χ1n) is 6.97. The Morgan fingerprint density at radius 1 is 1.38 bits per heavy atom. The Morgan fingerprint density at radius 2 is 2.05 bits per heavy atom. The lowest BCUT2D eigenvalue weighted by atomic mass is 10.1. The van der Waals surface area contributed by atoms with Gasteiger partial charge in [0.25, 0.3) is 5.91 Å². The van der Waals surface area contributed by atoms with Gasteiger partial charge in [-0.3, -0.25) is 4.79 Å². The molecule has 1 aromatic rings. The van der Waals surface area contributed by atoms with Crippen molar-refractivity contribution in [3.8, 4) is 0 Å².